The van der Waals surface area contributed by atoms with Crippen molar-refractivity contribution >= 4 is 0 Å². The van der Waals surface area contributed by atoms with Gasteiger partial charge in [-0.3, -0.25) is 4.68 Å². The van der Waals surface area contributed by atoms with Gasteiger partial charge in [-0.05, 0) is 12.5 Å². The highest BCUT2D eigenvalue weighted by molar-refractivity contribution is 4.80. The van der Waals surface area contributed by atoms with Crippen LogP contribution in [0.3, 0.4) is 0 Å². The molecule has 1 aromatic heterocycles. The van der Waals surface area contributed by atoms with E-state index in [2.05, 4.69) is 36.2 Å². The van der Waals surface area contributed by atoms with Crippen LogP contribution in [0.15, 0.2) is 6.33 Å². The maximum atomic E-state index is 4.43. The molecule has 0 aliphatic heterocycles. The number of nitrogens with one attached hydrogen (secondary N) is 1. The molecular weight excluding hydrogens is 188 g/mol. The molecule has 0 saturated heterocycles. The number of hydrogen-bond donors (Lipinski definition) is 1. The fourth-order valence-corrected chi connectivity index (χ4v) is 1.55. The second-order valence-electron chi connectivity index (χ2n) is 3.85. The minimum atomic E-state index is 0.721. The summed E-state index contributed by atoms with van der Waals surface area (Å²) in [5.41, 5.74) is 0. The second-order valence-corrected chi connectivity index (χ2v) is 3.85. The van der Waals surface area contributed by atoms with Crippen molar-refractivity contribution in [2.24, 2.45) is 5.92 Å². The number of aromatic nitrogens is 3. The molecule has 0 aliphatic carbocycles. The molecule has 0 aliphatic rings. The molecule has 1 heterocycles. The average molecular weight is 210 g/mol. The minimum absolute atomic E-state index is 0.721. The zero-order chi connectivity index (χ0) is 11.1. The van der Waals surface area contributed by atoms with Gasteiger partial charge >= 0.3 is 0 Å². The van der Waals surface area contributed by atoms with Gasteiger partial charge < -0.3 is 5.32 Å². The molecule has 0 aromatic carbocycles. The van der Waals surface area contributed by atoms with Crippen molar-refractivity contribution in [3.8, 4) is 0 Å². The van der Waals surface area contributed by atoms with Crippen molar-refractivity contribution < 1.29 is 0 Å². The molecule has 1 aromatic rings. The minimum Gasteiger partial charge on any atom is -0.310 e. The van der Waals surface area contributed by atoms with Gasteiger partial charge in [0.15, 0.2) is 5.82 Å². The number of hydrogen-bond acceptors (Lipinski definition) is 3. The highest BCUT2D eigenvalue weighted by Gasteiger charge is 2.06. The molecule has 0 amide bonds. The van der Waals surface area contributed by atoms with Crippen molar-refractivity contribution in [3.05, 3.63) is 12.2 Å². The van der Waals surface area contributed by atoms with E-state index >= 15 is 0 Å². The highest BCUT2D eigenvalue weighted by Crippen LogP contribution is 2.09. The van der Waals surface area contributed by atoms with Crippen LogP contribution in [-0.4, -0.2) is 21.3 Å². The molecule has 0 fully saturated rings. The fraction of sp³-hybridized carbons (Fsp3) is 0.818. The summed E-state index contributed by atoms with van der Waals surface area (Å²) in [6, 6.07) is 0. The highest BCUT2D eigenvalue weighted by atomic mass is 15.3. The Morgan fingerprint density at radius 3 is 2.67 bits per heavy atom. The van der Waals surface area contributed by atoms with E-state index in [0.29, 0.717) is 0 Å². The standard InChI is InChI=1S/C11H22N4/c1-4-10(5-2)8-15-9-13-11(14-15)7-12-6-3/h9-10,12H,4-8H2,1-3H3. The van der Waals surface area contributed by atoms with Crippen LogP contribution >= 0.6 is 0 Å². The normalized spacial score (nSPS) is 11.2. The molecule has 4 nitrogen and oxygen atoms in total. The molecule has 1 rings (SSSR count). The zero-order valence-corrected chi connectivity index (χ0v) is 10.0. The number of nitrogens with zero attached hydrogens (tertiary/aromatic N) is 3. The molecular formula is C11H22N4. The molecule has 0 atom stereocenters. The molecule has 0 unspecified atom stereocenters. The Kier molecular flexibility index (Phi) is 5.32. The van der Waals surface area contributed by atoms with Gasteiger partial charge in [0.25, 0.3) is 0 Å². The van der Waals surface area contributed by atoms with Gasteiger partial charge in [-0.2, -0.15) is 5.10 Å². The molecule has 0 bridgehead atoms. The van der Waals surface area contributed by atoms with Crippen LogP contribution in [0.5, 0.6) is 0 Å². The van der Waals surface area contributed by atoms with Crippen molar-refractivity contribution in [3.63, 3.8) is 0 Å². The lowest BCUT2D eigenvalue weighted by Gasteiger charge is -2.10. The largest absolute Gasteiger partial charge is 0.310 e. The van der Waals surface area contributed by atoms with E-state index < -0.39 is 0 Å². The predicted molar refractivity (Wildman–Crippen MR) is 61.5 cm³/mol. The summed E-state index contributed by atoms with van der Waals surface area (Å²) >= 11 is 0. The van der Waals surface area contributed by atoms with Gasteiger partial charge in [0.2, 0.25) is 0 Å². The van der Waals surface area contributed by atoms with E-state index in [1.165, 1.54) is 12.8 Å². The molecule has 0 saturated carbocycles. The summed E-state index contributed by atoms with van der Waals surface area (Å²) < 4.78 is 1.96. The summed E-state index contributed by atoms with van der Waals surface area (Å²) in [5, 5.41) is 7.65. The van der Waals surface area contributed by atoms with Crippen molar-refractivity contribution in [1.29, 1.82) is 0 Å². The van der Waals surface area contributed by atoms with Gasteiger partial charge in [-0.1, -0.05) is 33.6 Å². The first kappa shape index (κ1) is 12.2. The second kappa shape index (κ2) is 6.56. The predicted octanol–water partition coefficient (Wildman–Crippen LogP) is 1.82. The SMILES string of the molecule is CCNCc1ncn(CC(CC)CC)n1. The average Bonchev–Trinajstić information content (AvgIpc) is 2.70. The quantitative estimate of drug-likeness (QED) is 0.746. The fourth-order valence-electron chi connectivity index (χ4n) is 1.55. The van der Waals surface area contributed by atoms with Crippen LogP contribution < -0.4 is 5.32 Å². The van der Waals surface area contributed by atoms with Crippen LogP contribution in [0, 0.1) is 5.92 Å². The third kappa shape index (κ3) is 4.00. The summed E-state index contributed by atoms with van der Waals surface area (Å²) in [6.45, 7) is 9.26. The van der Waals surface area contributed by atoms with E-state index in [9.17, 15) is 0 Å². The number of rotatable bonds is 7. The smallest absolute Gasteiger partial charge is 0.164 e. The topological polar surface area (TPSA) is 42.7 Å². The van der Waals surface area contributed by atoms with Crippen LogP contribution in [0.25, 0.3) is 0 Å². The lowest BCUT2D eigenvalue weighted by Crippen LogP contribution is -2.14. The van der Waals surface area contributed by atoms with Gasteiger partial charge in [-0.25, -0.2) is 4.98 Å². The third-order valence-corrected chi connectivity index (χ3v) is 2.72. The first-order valence-electron chi connectivity index (χ1n) is 5.89. The van der Waals surface area contributed by atoms with Gasteiger partial charge in [-0.15, -0.1) is 0 Å². The van der Waals surface area contributed by atoms with Crippen LogP contribution in [0.2, 0.25) is 0 Å². The van der Waals surface area contributed by atoms with E-state index in [1.807, 2.05) is 11.0 Å². The Bertz CT molecular complexity index is 265. The lowest BCUT2D eigenvalue weighted by molar-refractivity contribution is 0.393. The van der Waals surface area contributed by atoms with E-state index in [1.54, 1.807) is 0 Å². The van der Waals surface area contributed by atoms with Crippen molar-refractivity contribution in [1.82, 2.24) is 20.1 Å². The summed E-state index contributed by atoms with van der Waals surface area (Å²) in [4.78, 5) is 4.26. The first-order valence-corrected chi connectivity index (χ1v) is 5.89. The van der Waals surface area contributed by atoms with Gasteiger partial charge in [0.1, 0.15) is 6.33 Å². The maximum absolute atomic E-state index is 4.43. The molecule has 15 heavy (non-hydrogen) atoms. The van der Waals surface area contributed by atoms with Gasteiger partial charge in [0, 0.05) is 6.54 Å². The first-order chi connectivity index (χ1) is 7.30. The Balaban J connectivity index is 2.44. The molecule has 0 spiro atoms. The van der Waals surface area contributed by atoms with Crippen LogP contribution in [0.4, 0.5) is 0 Å². The van der Waals surface area contributed by atoms with Crippen LogP contribution in [0.1, 0.15) is 39.4 Å². The molecule has 4 heteroatoms. The van der Waals surface area contributed by atoms with Crippen molar-refractivity contribution in [2.75, 3.05) is 6.54 Å². The van der Waals surface area contributed by atoms with Gasteiger partial charge in [0.05, 0.1) is 6.54 Å². The monoisotopic (exact) mass is 210 g/mol. The Labute approximate surface area is 92.1 Å². The summed E-state index contributed by atoms with van der Waals surface area (Å²) in [7, 11) is 0. The van der Waals surface area contributed by atoms with E-state index in [4.69, 9.17) is 0 Å². The molecule has 0 radical (unpaired) electrons. The van der Waals surface area contributed by atoms with E-state index in [-0.39, 0.29) is 0 Å². The Morgan fingerprint density at radius 1 is 1.33 bits per heavy atom. The Hall–Kier alpha value is -0.900. The summed E-state index contributed by atoms with van der Waals surface area (Å²) in [6.07, 6.45) is 4.25. The third-order valence-electron chi connectivity index (χ3n) is 2.72. The Morgan fingerprint density at radius 2 is 2.07 bits per heavy atom. The molecule has 86 valence electrons. The molecule has 1 N–H and O–H groups in total. The van der Waals surface area contributed by atoms with E-state index in [0.717, 1.165) is 31.4 Å². The van der Waals surface area contributed by atoms with Crippen LogP contribution in [-0.2, 0) is 13.1 Å². The maximum Gasteiger partial charge on any atom is 0.164 e. The zero-order valence-electron chi connectivity index (χ0n) is 10.0. The summed E-state index contributed by atoms with van der Waals surface area (Å²) in [5.74, 6) is 1.61. The van der Waals surface area contributed by atoms with Crippen molar-refractivity contribution in [2.45, 2.75) is 46.7 Å². The lowest BCUT2D eigenvalue weighted by atomic mass is 10.0.